The van der Waals surface area contributed by atoms with Crippen molar-refractivity contribution in [2.45, 2.75) is 33.1 Å². The standard InChI is InChI=1S/C36H36O2/c1-8-24-37-28(7)20-21-29(10-3)36(30(11-4)22-23-31(26-27(5)6)38-25-9-2)34-18-14-12-16-32(34)33-17-13-15-19-35(33)36/h1-2,10-23,26-27H,7,24-25H2,3-6H3/b21-20-,23-22-,29-10+,30-11+,31-26-. The van der Waals surface area contributed by atoms with E-state index in [1.54, 1.807) is 0 Å². The lowest BCUT2D eigenvalue weighted by Crippen LogP contribution is -2.29. The molecule has 2 heteroatoms. The van der Waals surface area contributed by atoms with E-state index < -0.39 is 5.41 Å². The molecule has 1 aliphatic rings. The summed E-state index contributed by atoms with van der Waals surface area (Å²) in [4.78, 5) is 0. The van der Waals surface area contributed by atoms with Crippen molar-refractivity contribution < 1.29 is 9.47 Å². The molecule has 0 saturated heterocycles. The Morgan fingerprint density at radius 2 is 1.32 bits per heavy atom. The van der Waals surface area contributed by atoms with Crippen molar-refractivity contribution in [3.63, 3.8) is 0 Å². The van der Waals surface area contributed by atoms with Gasteiger partial charge in [-0.15, -0.1) is 12.8 Å². The highest BCUT2D eigenvalue weighted by molar-refractivity contribution is 5.87. The van der Waals surface area contributed by atoms with Crippen LogP contribution in [0, 0.1) is 30.6 Å². The molecule has 0 saturated carbocycles. The molecule has 3 rings (SSSR count). The van der Waals surface area contributed by atoms with E-state index in [-0.39, 0.29) is 13.2 Å². The van der Waals surface area contributed by atoms with E-state index in [2.05, 4.69) is 125 Å². The molecule has 0 fully saturated rings. The Morgan fingerprint density at radius 1 is 0.816 bits per heavy atom. The average Bonchev–Trinajstić information content (AvgIpc) is 3.22. The molecule has 2 nitrogen and oxygen atoms in total. The number of rotatable bonds is 11. The first kappa shape index (κ1) is 28.2. The van der Waals surface area contributed by atoms with Gasteiger partial charge in [0.15, 0.2) is 0 Å². The Labute approximate surface area is 228 Å². The van der Waals surface area contributed by atoms with Crippen molar-refractivity contribution in [3.8, 4) is 35.8 Å². The number of terminal acetylenes is 2. The number of ether oxygens (including phenoxy) is 2. The van der Waals surface area contributed by atoms with Crippen molar-refractivity contribution >= 4 is 0 Å². The smallest absolute Gasteiger partial charge is 0.148 e. The first-order valence-electron chi connectivity index (χ1n) is 12.9. The molecule has 2 aromatic rings. The van der Waals surface area contributed by atoms with Crippen LogP contribution in [-0.4, -0.2) is 13.2 Å². The van der Waals surface area contributed by atoms with Crippen LogP contribution in [-0.2, 0) is 14.9 Å². The molecule has 0 atom stereocenters. The molecule has 0 N–H and O–H groups in total. The Morgan fingerprint density at radius 3 is 1.82 bits per heavy atom. The van der Waals surface area contributed by atoms with Crippen LogP contribution in [0.2, 0.25) is 0 Å². The number of hydrogen-bond donors (Lipinski definition) is 0. The molecular formula is C36H36O2. The van der Waals surface area contributed by atoms with Gasteiger partial charge in [-0.1, -0.05) is 105 Å². The quantitative estimate of drug-likeness (QED) is 0.175. The summed E-state index contributed by atoms with van der Waals surface area (Å²) in [7, 11) is 0. The lowest BCUT2D eigenvalue weighted by molar-refractivity contribution is 0.265. The van der Waals surface area contributed by atoms with Gasteiger partial charge in [0.05, 0.1) is 5.41 Å². The van der Waals surface area contributed by atoms with E-state index in [0.717, 1.165) is 16.9 Å². The zero-order chi connectivity index (χ0) is 27.5. The van der Waals surface area contributed by atoms with Crippen LogP contribution in [0.15, 0.2) is 120 Å². The minimum absolute atomic E-state index is 0.177. The van der Waals surface area contributed by atoms with E-state index in [9.17, 15) is 0 Å². The molecule has 192 valence electrons. The summed E-state index contributed by atoms with van der Waals surface area (Å²) in [5.41, 5.74) is 6.50. The van der Waals surface area contributed by atoms with Gasteiger partial charge in [-0.3, -0.25) is 0 Å². The molecule has 0 unspecified atom stereocenters. The first-order valence-corrected chi connectivity index (χ1v) is 12.9. The highest BCUT2D eigenvalue weighted by Gasteiger charge is 2.46. The molecule has 1 aliphatic carbocycles. The average molecular weight is 501 g/mol. The van der Waals surface area contributed by atoms with Gasteiger partial charge in [0.2, 0.25) is 0 Å². The third-order valence-electron chi connectivity index (χ3n) is 6.48. The zero-order valence-corrected chi connectivity index (χ0v) is 22.8. The van der Waals surface area contributed by atoms with Crippen molar-refractivity contribution in [1.82, 2.24) is 0 Å². The molecule has 0 aromatic heterocycles. The molecular weight excluding hydrogens is 464 g/mol. The maximum atomic E-state index is 5.87. The van der Waals surface area contributed by atoms with Crippen molar-refractivity contribution in [3.05, 3.63) is 131 Å². The Hall–Kier alpha value is -4.40. The highest BCUT2D eigenvalue weighted by atomic mass is 16.5. The summed E-state index contributed by atoms with van der Waals surface area (Å²) in [5.74, 6) is 6.64. The third-order valence-corrected chi connectivity index (χ3v) is 6.48. The van der Waals surface area contributed by atoms with Crippen LogP contribution in [0.25, 0.3) is 11.1 Å². The van der Waals surface area contributed by atoms with Crippen LogP contribution in [0.4, 0.5) is 0 Å². The minimum atomic E-state index is -0.564. The summed E-state index contributed by atoms with van der Waals surface area (Å²) >= 11 is 0. The van der Waals surface area contributed by atoms with E-state index in [4.69, 9.17) is 22.3 Å². The summed E-state index contributed by atoms with van der Waals surface area (Å²) in [6, 6.07) is 17.2. The second kappa shape index (κ2) is 13.2. The number of fused-ring (bicyclic) bond motifs is 3. The molecule has 2 aromatic carbocycles. The molecule has 0 aliphatic heterocycles. The summed E-state index contributed by atoms with van der Waals surface area (Å²) in [5, 5.41) is 0. The molecule has 0 radical (unpaired) electrons. The fourth-order valence-electron chi connectivity index (χ4n) is 5.04. The Bertz CT molecular complexity index is 1350. The fourth-order valence-corrected chi connectivity index (χ4v) is 5.04. The highest BCUT2D eigenvalue weighted by Crippen LogP contribution is 2.57. The zero-order valence-electron chi connectivity index (χ0n) is 22.8. The summed E-state index contributed by atoms with van der Waals surface area (Å²) in [6.45, 7) is 12.8. The first-order chi connectivity index (χ1) is 18.4. The van der Waals surface area contributed by atoms with Crippen LogP contribution >= 0.6 is 0 Å². The summed E-state index contributed by atoms with van der Waals surface area (Å²) in [6.07, 6.45) is 25.4. The minimum Gasteiger partial charge on any atom is -0.482 e. The molecule has 38 heavy (non-hydrogen) atoms. The Kier molecular flexibility index (Phi) is 9.81. The van der Waals surface area contributed by atoms with E-state index in [1.165, 1.54) is 22.3 Å². The largest absolute Gasteiger partial charge is 0.482 e. The van der Waals surface area contributed by atoms with Gasteiger partial charge in [-0.25, -0.2) is 0 Å². The Balaban J connectivity index is 2.27. The number of allylic oxidation sites excluding steroid dienone is 9. The summed E-state index contributed by atoms with van der Waals surface area (Å²) < 4.78 is 11.4. The second-order valence-electron chi connectivity index (χ2n) is 9.26. The van der Waals surface area contributed by atoms with Gasteiger partial charge >= 0.3 is 0 Å². The van der Waals surface area contributed by atoms with Gasteiger partial charge in [-0.05, 0) is 71.4 Å². The van der Waals surface area contributed by atoms with Gasteiger partial charge in [0, 0.05) is 0 Å². The normalized spacial score (nSPS) is 14.8. The number of benzene rings is 2. The molecule has 0 bridgehead atoms. The van der Waals surface area contributed by atoms with E-state index in [1.807, 2.05) is 12.2 Å². The van der Waals surface area contributed by atoms with Crippen LogP contribution in [0.3, 0.4) is 0 Å². The maximum Gasteiger partial charge on any atom is 0.148 e. The van der Waals surface area contributed by atoms with Crippen LogP contribution in [0.5, 0.6) is 0 Å². The van der Waals surface area contributed by atoms with Crippen molar-refractivity contribution in [2.24, 2.45) is 5.92 Å². The molecule has 0 heterocycles. The van der Waals surface area contributed by atoms with E-state index in [0.29, 0.717) is 11.7 Å². The topological polar surface area (TPSA) is 18.5 Å². The van der Waals surface area contributed by atoms with Crippen LogP contribution < -0.4 is 0 Å². The second-order valence-corrected chi connectivity index (χ2v) is 9.26. The lowest BCUT2D eigenvalue weighted by Gasteiger charge is -2.35. The lowest BCUT2D eigenvalue weighted by atomic mass is 9.66. The van der Waals surface area contributed by atoms with Gasteiger partial charge in [-0.2, -0.15) is 0 Å². The monoisotopic (exact) mass is 500 g/mol. The SMILES string of the molecule is C#CCOC(=C)/C=C\C(=C/C)C1(C(/C=C\C(=C\C(C)C)OCC#C)=C/C)c2ccccc2-c2ccccc21. The van der Waals surface area contributed by atoms with Gasteiger partial charge in [0.25, 0.3) is 0 Å². The van der Waals surface area contributed by atoms with Gasteiger partial charge in [0.1, 0.15) is 24.7 Å². The maximum absolute atomic E-state index is 5.87. The molecule has 0 amide bonds. The van der Waals surface area contributed by atoms with Gasteiger partial charge < -0.3 is 9.47 Å². The number of hydrogen-bond acceptors (Lipinski definition) is 2. The third kappa shape index (κ3) is 5.77. The predicted octanol–water partition coefficient (Wildman–Crippen LogP) is 8.31. The van der Waals surface area contributed by atoms with Crippen LogP contribution in [0.1, 0.15) is 38.8 Å². The predicted molar refractivity (Wildman–Crippen MR) is 160 cm³/mol. The van der Waals surface area contributed by atoms with E-state index >= 15 is 0 Å². The fraction of sp³-hybridized carbons (Fsp3) is 0.222. The van der Waals surface area contributed by atoms with Crippen molar-refractivity contribution in [2.75, 3.05) is 13.2 Å². The van der Waals surface area contributed by atoms with Crippen molar-refractivity contribution in [1.29, 1.82) is 0 Å². The molecule has 0 spiro atoms.